The molecule has 0 heterocycles. The molecule has 0 unspecified atom stereocenters. The van der Waals surface area contributed by atoms with Crippen LogP contribution in [0.3, 0.4) is 0 Å². The molecule has 0 aromatic heterocycles. The molecule has 6 N–H and O–H groups in total. The predicted octanol–water partition coefficient (Wildman–Crippen LogP) is -0.402. The first kappa shape index (κ1) is 9.50. The van der Waals surface area contributed by atoms with Crippen LogP contribution in [0.1, 0.15) is 0 Å². The van der Waals surface area contributed by atoms with E-state index in [1.165, 1.54) is 5.01 Å². The zero-order chi connectivity index (χ0) is 9.68. The lowest BCUT2D eigenvalue weighted by molar-refractivity contribution is 1.05. The number of para-hydroxylation sites is 1. The highest BCUT2D eigenvalue weighted by Gasteiger charge is 2.05. The average Bonchev–Trinajstić information content (AvgIpc) is 2.21. The van der Waals surface area contributed by atoms with E-state index in [9.17, 15) is 0 Å². The van der Waals surface area contributed by atoms with Crippen LogP contribution >= 0.6 is 0 Å². The summed E-state index contributed by atoms with van der Waals surface area (Å²) in [4.78, 5) is 0. The molecule has 0 aliphatic heterocycles. The van der Waals surface area contributed by atoms with E-state index >= 15 is 0 Å². The van der Waals surface area contributed by atoms with Crippen molar-refractivity contribution < 1.29 is 0 Å². The van der Waals surface area contributed by atoms with Gasteiger partial charge in [-0.15, -0.1) is 0 Å². The third-order valence-electron chi connectivity index (χ3n) is 1.64. The lowest BCUT2D eigenvalue weighted by atomic mass is 10.3. The maximum atomic E-state index is 5.70. The standard InChI is InChI=1S/C8H13N5/c9-6-8(12-10)13(11)7-4-2-1-3-5-7/h1-5H,6,9-11H2/b12-8-. The van der Waals surface area contributed by atoms with E-state index in [-0.39, 0.29) is 6.54 Å². The molecule has 5 heteroatoms. The van der Waals surface area contributed by atoms with Crippen LogP contribution in [0.2, 0.25) is 0 Å². The van der Waals surface area contributed by atoms with E-state index in [4.69, 9.17) is 17.4 Å². The number of nitrogens with zero attached hydrogens (tertiary/aromatic N) is 2. The van der Waals surface area contributed by atoms with Crippen molar-refractivity contribution in [3.63, 3.8) is 0 Å². The van der Waals surface area contributed by atoms with Gasteiger partial charge in [0.15, 0.2) is 5.84 Å². The van der Waals surface area contributed by atoms with E-state index in [1.54, 1.807) is 0 Å². The number of hydrogen-bond acceptors (Lipinski definition) is 4. The summed E-state index contributed by atoms with van der Waals surface area (Å²) < 4.78 is 0. The van der Waals surface area contributed by atoms with Gasteiger partial charge in [-0.2, -0.15) is 5.10 Å². The van der Waals surface area contributed by atoms with E-state index < -0.39 is 0 Å². The number of anilines is 1. The third kappa shape index (κ3) is 2.17. The van der Waals surface area contributed by atoms with Gasteiger partial charge in [-0.25, -0.2) is 5.84 Å². The Hall–Kier alpha value is -1.59. The lowest BCUT2D eigenvalue weighted by Gasteiger charge is -2.18. The van der Waals surface area contributed by atoms with Crippen molar-refractivity contribution in [1.29, 1.82) is 0 Å². The molecule has 1 rings (SSSR count). The van der Waals surface area contributed by atoms with Gasteiger partial charge >= 0.3 is 0 Å². The summed E-state index contributed by atoms with van der Waals surface area (Å²) in [5.41, 5.74) is 6.19. The molecular formula is C8H13N5. The fraction of sp³-hybridized carbons (Fsp3) is 0.125. The summed E-state index contributed by atoms with van der Waals surface area (Å²) in [7, 11) is 0. The van der Waals surface area contributed by atoms with Crippen LogP contribution in [0, 0.1) is 0 Å². The second-order valence-electron chi connectivity index (χ2n) is 2.46. The van der Waals surface area contributed by atoms with E-state index in [0.29, 0.717) is 5.84 Å². The average molecular weight is 179 g/mol. The van der Waals surface area contributed by atoms with Gasteiger partial charge in [0.1, 0.15) is 0 Å². The number of amidine groups is 1. The largest absolute Gasteiger partial charge is 0.324 e. The molecule has 13 heavy (non-hydrogen) atoms. The molecule has 0 atom stereocenters. The Morgan fingerprint density at radius 1 is 1.31 bits per heavy atom. The molecular weight excluding hydrogens is 166 g/mol. The Labute approximate surface area is 76.8 Å². The molecule has 0 amide bonds. The van der Waals surface area contributed by atoms with Gasteiger partial charge in [0.25, 0.3) is 0 Å². The molecule has 1 aromatic rings. The van der Waals surface area contributed by atoms with Crippen LogP contribution in [0.25, 0.3) is 0 Å². The van der Waals surface area contributed by atoms with Gasteiger partial charge in [0, 0.05) is 0 Å². The quantitative estimate of drug-likeness (QED) is 0.249. The lowest BCUT2D eigenvalue weighted by Crippen LogP contribution is -2.42. The molecule has 0 bridgehead atoms. The van der Waals surface area contributed by atoms with Crippen molar-refractivity contribution in [2.24, 2.45) is 22.5 Å². The van der Waals surface area contributed by atoms with Crippen LogP contribution in [0.5, 0.6) is 0 Å². The number of hydrazine groups is 1. The molecule has 0 aliphatic rings. The minimum Gasteiger partial charge on any atom is -0.324 e. The smallest absolute Gasteiger partial charge is 0.156 e. The molecule has 0 radical (unpaired) electrons. The number of hydrogen-bond donors (Lipinski definition) is 3. The summed E-state index contributed by atoms with van der Waals surface area (Å²) >= 11 is 0. The normalized spacial score (nSPS) is 11.4. The van der Waals surface area contributed by atoms with Crippen LogP contribution in [-0.2, 0) is 0 Å². The second-order valence-corrected chi connectivity index (χ2v) is 2.46. The summed E-state index contributed by atoms with van der Waals surface area (Å²) in [6.07, 6.45) is 0. The highest BCUT2D eigenvalue weighted by molar-refractivity contribution is 5.97. The van der Waals surface area contributed by atoms with E-state index in [2.05, 4.69) is 5.10 Å². The highest BCUT2D eigenvalue weighted by atomic mass is 15.5. The molecule has 0 spiro atoms. The Bertz CT molecular complexity index is 282. The minimum absolute atomic E-state index is 0.210. The van der Waals surface area contributed by atoms with Crippen LogP contribution in [0.15, 0.2) is 35.4 Å². The van der Waals surface area contributed by atoms with Gasteiger partial charge in [0.2, 0.25) is 0 Å². The van der Waals surface area contributed by atoms with Crippen molar-refractivity contribution in [3.8, 4) is 0 Å². The van der Waals surface area contributed by atoms with Crippen LogP contribution in [-0.4, -0.2) is 12.4 Å². The molecule has 0 fully saturated rings. The molecule has 70 valence electrons. The SMILES string of the molecule is NC/C(=N/N)N(N)c1ccccc1. The number of rotatable bonds is 2. The summed E-state index contributed by atoms with van der Waals surface area (Å²) in [5, 5.41) is 4.84. The minimum atomic E-state index is 0.210. The molecule has 0 saturated heterocycles. The fourth-order valence-electron chi connectivity index (χ4n) is 0.951. The maximum absolute atomic E-state index is 5.70. The Balaban J connectivity index is 2.85. The van der Waals surface area contributed by atoms with Crippen molar-refractivity contribution in [2.45, 2.75) is 0 Å². The summed E-state index contributed by atoms with van der Waals surface area (Å²) in [6, 6.07) is 9.35. The first-order valence-electron chi connectivity index (χ1n) is 3.86. The third-order valence-corrected chi connectivity index (χ3v) is 1.64. The predicted molar refractivity (Wildman–Crippen MR) is 53.8 cm³/mol. The Morgan fingerprint density at radius 3 is 2.38 bits per heavy atom. The van der Waals surface area contributed by atoms with Gasteiger partial charge < -0.3 is 11.6 Å². The summed E-state index contributed by atoms with van der Waals surface area (Å²) in [6.45, 7) is 0.210. The Morgan fingerprint density at radius 2 is 1.92 bits per heavy atom. The van der Waals surface area contributed by atoms with Gasteiger partial charge in [-0.1, -0.05) is 18.2 Å². The van der Waals surface area contributed by atoms with Crippen molar-refractivity contribution in [1.82, 2.24) is 0 Å². The summed E-state index contributed by atoms with van der Waals surface area (Å²) in [5.74, 6) is 11.2. The van der Waals surface area contributed by atoms with Gasteiger partial charge in [0.05, 0.1) is 12.2 Å². The fourth-order valence-corrected chi connectivity index (χ4v) is 0.951. The van der Waals surface area contributed by atoms with Crippen LogP contribution in [0.4, 0.5) is 5.69 Å². The monoisotopic (exact) mass is 179 g/mol. The van der Waals surface area contributed by atoms with Crippen molar-refractivity contribution in [3.05, 3.63) is 30.3 Å². The first-order valence-corrected chi connectivity index (χ1v) is 3.86. The molecule has 5 nitrogen and oxygen atoms in total. The number of benzene rings is 1. The van der Waals surface area contributed by atoms with Crippen molar-refractivity contribution in [2.75, 3.05) is 11.6 Å². The van der Waals surface area contributed by atoms with E-state index in [0.717, 1.165) is 5.69 Å². The Kier molecular flexibility index (Phi) is 3.24. The molecule has 1 aromatic carbocycles. The molecule has 0 saturated carbocycles. The highest BCUT2D eigenvalue weighted by Crippen LogP contribution is 2.08. The topological polar surface area (TPSA) is 93.7 Å². The zero-order valence-electron chi connectivity index (χ0n) is 7.22. The van der Waals surface area contributed by atoms with Crippen molar-refractivity contribution >= 4 is 11.5 Å². The second kappa shape index (κ2) is 4.44. The number of hydrazone groups is 1. The maximum Gasteiger partial charge on any atom is 0.156 e. The van der Waals surface area contributed by atoms with E-state index in [1.807, 2.05) is 30.3 Å². The molecule has 0 aliphatic carbocycles. The van der Waals surface area contributed by atoms with Crippen LogP contribution < -0.4 is 22.4 Å². The zero-order valence-corrected chi connectivity index (χ0v) is 7.22. The number of nitrogens with two attached hydrogens (primary N) is 3. The van der Waals surface area contributed by atoms with Gasteiger partial charge in [-0.3, -0.25) is 5.01 Å². The first-order chi connectivity index (χ1) is 6.29. The van der Waals surface area contributed by atoms with Gasteiger partial charge in [-0.05, 0) is 12.1 Å².